The lowest BCUT2D eigenvalue weighted by Gasteiger charge is -2.29. The molecule has 0 spiro atoms. The van der Waals surface area contributed by atoms with Gasteiger partial charge in [-0.15, -0.1) is 0 Å². The number of nitrogens with two attached hydrogens (primary N) is 1. The first-order chi connectivity index (χ1) is 6.35. The van der Waals surface area contributed by atoms with E-state index in [9.17, 15) is 13.5 Å². The molecule has 3 N–H and O–H groups in total. The molecule has 0 saturated heterocycles. The molecule has 4 nitrogen and oxygen atoms in total. The van der Waals surface area contributed by atoms with Crippen molar-refractivity contribution in [1.29, 1.82) is 0 Å². The summed E-state index contributed by atoms with van der Waals surface area (Å²) in [5, 5.41) is 8.97. The number of aliphatic hydroxyl groups is 1. The Morgan fingerprint density at radius 3 is 2.36 bits per heavy atom. The molecule has 0 radical (unpaired) electrons. The quantitative estimate of drug-likeness (QED) is 0.689. The Kier molecular flexibility index (Phi) is 3.23. The van der Waals surface area contributed by atoms with Crippen molar-refractivity contribution in [3.8, 4) is 0 Å². The molecule has 1 aliphatic carbocycles. The Bertz CT molecular complexity index is 295. The van der Waals surface area contributed by atoms with Crippen molar-refractivity contribution >= 4 is 9.84 Å². The lowest BCUT2D eigenvalue weighted by atomic mass is 9.80. The standard InChI is InChI=1S/C9H19NO3S/c1-7-3-8(14(2,12)13)4-9(7,5-10)6-11/h7-8,11H,3-6,10H2,1-2H3/t7-,8+,9-/m1/s1. The lowest BCUT2D eigenvalue weighted by molar-refractivity contribution is 0.0996. The summed E-state index contributed by atoms with van der Waals surface area (Å²) in [5.74, 6) is 0.178. The van der Waals surface area contributed by atoms with E-state index in [4.69, 9.17) is 5.73 Å². The zero-order valence-electron chi connectivity index (χ0n) is 8.73. The highest BCUT2D eigenvalue weighted by Crippen LogP contribution is 2.44. The van der Waals surface area contributed by atoms with Gasteiger partial charge in [-0.05, 0) is 18.8 Å². The first-order valence-electron chi connectivity index (χ1n) is 4.85. The van der Waals surface area contributed by atoms with Crippen molar-refractivity contribution in [1.82, 2.24) is 0 Å². The van der Waals surface area contributed by atoms with Gasteiger partial charge in [0.15, 0.2) is 0 Å². The minimum absolute atomic E-state index is 0.0172. The second-order valence-electron chi connectivity index (χ2n) is 4.52. The fourth-order valence-corrected chi connectivity index (χ4v) is 3.55. The first kappa shape index (κ1) is 11.9. The van der Waals surface area contributed by atoms with Crippen molar-refractivity contribution in [2.45, 2.75) is 25.0 Å². The molecule has 1 aliphatic rings. The van der Waals surface area contributed by atoms with E-state index in [1.54, 1.807) is 0 Å². The number of hydrogen-bond donors (Lipinski definition) is 2. The molecule has 1 saturated carbocycles. The molecular formula is C9H19NO3S. The van der Waals surface area contributed by atoms with Crippen LogP contribution < -0.4 is 5.73 Å². The molecule has 0 heterocycles. The summed E-state index contributed by atoms with van der Waals surface area (Å²) in [7, 11) is -2.99. The van der Waals surface area contributed by atoms with Gasteiger partial charge >= 0.3 is 0 Å². The van der Waals surface area contributed by atoms with E-state index in [1.807, 2.05) is 6.92 Å². The molecule has 84 valence electrons. The van der Waals surface area contributed by atoms with E-state index in [-0.39, 0.29) is 23.2 Å². The minimum atomic E-state index is -2.99. The van der Waals surface area contributed by atoms with Gasteiger partial charge < -0.3 is 10.8 Å². The zero-order chi connectivity index (χ0) is 11.0. The van der Waals surface area contributed by atoms with Crippen LogP contribution in [0.2, 0.25) is 0 Å². The second-order valence-corrected chi connectivity index (χ2v) is 6.84. The van der Waals surface area contributed by atoms with Crippen LogP contribution in [0.3, 0.4) is 0 Å². The third kappa shape index (κ3) is 1.94. The van der Waals surface area contributed by atoms with Crippen LogP contribution in [0.5, 0.6) is 0 Å². The van der Waals surface area contributed by atoms with Gasteiger partial charge in [0.25, 0.3) is 0 Å². The maximum absolute atomic E-state index is 11.4. The molecule has 0 aliphatic heterocycles. The van der Waals surface area contributed by atoms with E-state index >= 15 is 0 Å². The van der Waals surface area contributed by atoms with Gasteiger partial charge in [-0.3, -0.25) is 0 Å². The van der Waals surface area contributed by atoms with Crippen molar-refractivity contribution in [2.24, 2.45) is 17.1 Å². The van der Waals surface area contributed by atoms with Crippen molar-refractivity contribution in [2.75, 3.05) is 19.4 Å². The van der Waals surface area contributed by atoms with Crippen molar-refractivity contribution in [3.63, 3.8) is 0 Å². The molecule has 1 fully saturated rings. The van der Waals surface area contributed by atoms with Crippen LogP contribution >= 0.6 is 0 Å². The average molecular weight is 221 g/mol. The summed E-state index contributed by atoms with van der Waals surface area (Å²) in [6.07, 6.45) is 2.38. The van der Waals surface area contributed by atoms with Gasteiger partial charge in [0.1, 0.15) is 9.84 Å². The molecule has 0 aromatic carbocycles. The number of hydrogen-bond acceptors (Lipinski definition) is 4. The highest BCUT2D eigenvalue weighted by molar-refractivity contribution is 7.91. The molecule has 0 amide bonds. The second kappa shape index (κ2) is 3.79. The number of aliphatic hydroxyl groups excluding tert-OH is 1. The summed E-state index contributed by atoms with van der Waals surface area (Å²) in [6, 6.07) is 0. The summed E-state index contributed by atoms with van der Waals surface area (Å²) < 4.78 is 22.8. The number of sulfone groups is 1. The predicted octanol–water partition coefficient (Wildman–Crippen LogP) is -0.233. The maximum atomic E-state index is 11.4. The number of rotatable bonds is 3. The van der Waals surface area contributed by atoms with Crippen LogP contribution in [-0.4, -0.2) is 38.2 Å². The van der Waals surface area contributed by atoms with Crippen LogP contribution in [0, 0.1) is 11.3 Å². The van der Waals surface area contributed by atoms with Crippen LogP contribution in [0.25, 0.3) is 0 Å². The molecule has 0 aromatic heterocycles. The fraction of sp³-hybridized carbons (Fsp3) is 1.00. The van der Waals surface area contributed by atoms with E-state index < -0.39 is 9.84 Å². The van der Waals surface area contributed by atoms with Crippen LogP contribution in [-0.2, 0) is 9.84 Å². The highest BCUT2D eigenvalue weighted by Gasteiger charge is 2.46. The normalized spacial score (nSPS) is 38.9. The van der Waals surface area contributed by atoms with E-state index in [2.05, 4.69) is 0 Å². The van der Waals surface area contributed by atoms with Gasteiger partial charge in [0.05, 0.1) is 11.9 Å². The average Bonchev–Trinajstić information content (AvgIpc) is 2.43. The summed E-state index contributed by atoms with van der Waals surface area (Å²) in [5.41, 5.74) is 5.24. The SMILES string of the molecule is C[C@@H]1C[C@H](S(C)(=O)=O)C[C@@]1(CN)CO. The third-order valence-electron chi connectivity index (χ3n) is 3.62. The van der Waals surface area contributed by atoms with Crippen LogP contribution in [0.1, 0.15) is 19.8 Å². The smallest absolute Gasteiger partial charge is 0.150 e. The molecule has 0 bridgehead atoms. The van der Waals surface area contributed by atoms with Crippen LogP contribution in [0.15, 0.2) is 0 Å². The largest absolute Gasteiger partial charge is 0.396 e. The van der Waals surface area contributed by atoms with E-state index in [1.165, 1.54) is 6.26 Å². The maximum Gasteiger partial charge on any atom is 0.150 e. The molecular weight excluding hydrogens is 202 g/mol. The topological polar surface area (TPSA) is 80.4 Å². The van der Waals surface area contributed by atoms with Gasteiger partial charge in [-0.1, -0.05) is 6.92 Å². The van der Waals surface area contributed by atoms with E-state index in [0.717, 1.165) is 0 Å². The summed E-state index contributed by atoms with van der Waals surface area (Å²) in [6.45, 7) is 2.31. The van der Waals surface area contributed by atoms with Crippen molar-refractivity contribution < 1.29 is 13.5 Å². The Balaban J connectivity index is 2.88. The van der Waals surface area contributed by atoms with Gasteiger partial charge in [0.2, 0.25) is 0 Å². The molecule has 14 heavy (non-hydrogen) atoms. The Morgan fingerprint density at radius 2 is 2.14 bits per heavy atom. The molecule has 3 atom stereocenters. The Morgan fingerprint density at radius 1 is 1.57 bits per heavy atom. The Labute approximate surface area is 85.4 Å². The van der Waals surface area contributed by atoms with Gasteiger partial charge in [-0.2, -0.15) is 0 Å². The monoisotopic (exact) mass is 221 g/mol. The first-order valence-corrected chi connectivity index (χ1v) is 6.81. The van der Waals surface area contributed by atoms with Gasteiger partial charge in [-0.25, -0.2) is 8.42 Å². The molecule has 5 heteroatoms. The third-order valence-corrected chi connectivity index (χ3v) is 5.19. The van der Waals surface area contributed by atoms with Crippen molar-refractivity contribution in [3.05, 3.63) is 0 Å². The lowest BCUT2D eigenvalue weighted by Crippen LogP contribution is -2.37. The molecule has 0 unspecified atom stereocenters. The zero-order valence-corrected chi connectivity index (χ0v) is 9.55. The minimum Gasteiger partial charge on any atom is -0.396 e. The van der Waals surface area contributed by atoms with E-state index in [0.29, 0.717) is 19.4 Å². The summed E-state index contributed by atoms with van der Waals surface area (Å²) >= 11 is 0. The molecule has 0 aromatic rings. The summed E-state index contributed by atoms with van der Waals surface area (Å²) in [4.78, 5) is 0. The fourth-order valence-electron chi connectivity index (χ4n) is 2.28. The molecule has 1 rings (SSSR count). The van der Waals surface area contributed by atoms with Crippen LogP contribution in [0.4, 0.5) is 0 Å². The Hall–Kier alpha value is -0.130. The van der Waals surface area contributed by atoms with Gasteiger partial charge in [0, 0.05) is 18.2 Å². The highest BCUT2D eigenvalue weighted by atomic mass is 32.2. The predicted molar refractivity (Wildman–Crippen MR) is 55.6 cm³/mol.